The maximum atomic E-state index is 10.5. The van der Waals surface area contributed by atoms with Gasteiger partial charge in [-0.05, 0) is 6.07 Å². The van der Waals surface area contributed by atoms with Crippen LogP contribution in [0.1, 0.15) is 0 Å². The number of thiol groups is 1. The zero-order valence-corrected chi connectivity index (χ0v) is 5.01. The van der Waals surface area contributed by atoms with E-state index in [9.17, 15) is 5.21 Å². The first-order chi connectivity index (χ1) is 3.80. The molecule has 9 heavy (non-hydrogen) atoms. The van der Waals surface area contributed by atoms with Crippen molar-refractivity contribution < 1.29 is 4.73 Å². The van der Waals surface area contributed by atoms with Crippen molar-refractivity contribution in [2.24, 2.45) is 0 Å². The van der Waals surface area contributed by atoms with E-state index in [1.165, 1.54) is 6.20 Å². The maximum Gasteiger partial charge on any atom is 0.248 e. The van der Waals surface area contributed by atoms with Crippen molar-refractivity contribution in [3.8, 4) is 0 Å². The fourth-order valence-electron chi connectivity index (χ4n) is 0.419. The summed E-state index contributed by atoms with van der Waals surface area (Å²) in [6.07, 6.45) is 1.41. The van der Waals surface area contributed by atoms with Crippen LogP contribution < -0.4 is 4.73 Å². The van der Waals surface area contributed by atoms with Crippen molar-refractivity contribution >= 4 is 50.4 Å². The molecule has 0 atom stereocenters. The predicted molar refractivity (Wildman–Crippen MR) is 41.2 cm³/mol. The van der Waals surface area contributed by atoms with E-state index >= 15 is 0 Å². The molecule has 2 nitrogen and oxygen atoms in total. The van der Waals surface area contributed by atoms with E-state index in [2.05, 4.69) is 12.6 Å². The van der Waals surface area contributed by atoms with E-state index in [0.717, 1.165) is 0 Å². The summed E-state index contributed by atoms with van der Waals surface area (Å²) in [4.78, 5) is 0. The molecule has 0 N–H and O–H groups in total. The molecule has 4 heteroatoms. The third-order valence-corrected chi connectivity index (χ3v) is 1.15. The van der Waals surface area contributed by atoms with Crippen LogP contribution in [0.25, 0.3) is 0 Å². The zero-order valence-electron chi connectivity index (χ0n) is 4.11. The molecule has 0 fully saturated rings. The molecule has 0 aliphatic heterocycles. The second kappa shape index (κ2) is 4.39. The van der Waals surface area contributed by atoms with Gasteiger partial charge in [-0.2, -0.15) is 4.73 Å². The van der Waals surface area contributed by atoms with Crippen molar-refractivity contribution in [2.45, 2.75) is 5.03 Å². The van der Waals surface area contributed by atoms with Crippen LogP contribution in [-0.2, 0) is 0 Å². The van der Waals surface area contributed by atoms with Crippen molar-refractivity contribution in [3.63, 3.8) is 0 Å². The Bertz CT molecular complexity index is 173. The van der Waals surface area contributed by atoms with E-state index in [0.29, 0.717) is 9.76 Å². The summed E-state index contributed by atoms with van der Waals surface area (Å²) in [5.41, 5.74) is 0. The van der Waals surface area contributed by atoms with Gasteiger partial charge in [-0.15, -0.1) is 0 Å². The van der Waals surface area contributed by atoms with E-state index in [1.807, 2.05) is 0 Å². The summed E-state index contributed by atoms with van der Waals surface area (Å²) in [7, 11) is 0. The molecule has 0 spiro atoms. The first kappa shape index (κ1) is 9.56. The quantitative estimate of drug-likeness (QED) is 0.245. The number of hydrogen-bond acceptors (Lipinski definition) is 2. The van der Waals surface area contributed by atoms with Gasteiger partial charge in [-0.25, -0.2) is 0 Å². The van der Waals surface area contributed by atoms with Gasteiger partial charge in [0.05, 0.1) is 0 Å². The molecule has 1 aromatic heterocycles. The first-order valence-corrected chi connectivity index (χ1v) is 2.62. The Hall–Kier alpha value is 0.560. The molecule has 46 valence electrons. The number of hydrogen-bond donors (Lipinski definition) is 1. The molecule has 1 heterocycles. The first-order valence-electron chi connectivity index (χ1n) is 2.18. The summed E-state index contributed by atoms with van der Waals surface area (Å²) < 4.78 is 0.698. The molecule has 0 aliphatic carbocycles. The number of nitrogens with zero attached hydrogens (tertiary/aromatic N) is 1. The molecule has 0 aliphatic rings. The van der Waals surface area contributed by atoms with Crippen LogP contribution in [0.15, 0.2) is 29.4 Å². The van der Waals surface area contributed by atoms with Crippen LogP contribution in [0.2, 0.25) is 0 Å². The number of pyridine rings is 1. The van der Waals surface area contributed by atoms with Gasteiger partial charge < -0.3 is 5.21 Å². The normalized spacial score (nSPS) is 8.11. The van der Waals surface area contributed by atoms with E-state index in [4.69, 9.17) is 0 Å². The van der Waals surface area contributed by atoms with Crippen LogP contribution in [0, 0.1) is 5.21 Å². The van der Waals surface area contributed by atoms with E-state index in [1.54, 1.807) is 18.2 Å². The average Bonchev–Trinajstić information content (AvgIpc) is 1.77. The molecule has 0 bridgehead atoms. The summed E-state index contributed by atoms with van der Waals surface area (Å²) in [5.74, 6) is 0. The summed E-state index contributed by atoms with van der Waals surface area (Å²) in [6, 6.07) is 5.06. The van der Waals surface area contributed by atoms with Crippen molar-refractivity contribution in [1.29, 1.82) is 0 Å². The molecular formula is C5H7CaNOS. The molecule has 0 unspecified atom stereocenters. The fraction of sp³-hybridized carbons (Fsp3) is 0. The van der Waals surface area contributed by atoms with Crippen LogP contribution in [0.4, 0.5) is 0 Å². The van der Waals surface area contributed by atoms with Gasteiger partial charge in [0.15, 0.2) is 6.20 Å². The van der Waals surface area contributed by atoms with E-state index in [-0.39, 0.29) is 37.7 Å². The van der Waals surface area contributed by atoms with Gasteiger partial charge in [0.2, 0.25) is 5.03 Å². The van der Waals surface area contributed by atoms with Crippen molar-refractivity contribution in [2.75, 3.05) is 0 Å². The van der Waals surface area contributed by atoms with Crippen LogP contribution >= 0.6 is 12.6 Å². The second-order valence-corrected chi connectivity index (χ2v) is 1.84. The fourth-order valence-corrected chi connectivity index (χ4v) is 0.572. The smallest absolute Gasteiger partial charge is 0.248 e. The molecule has 0 amide bonds. The van der Waals surface area contributed by atoms with Crippen LogP contribution in [-0.4, -0.2) is 37.7 Å². The van der Waals surface area contributed by atoms with E-state index < -0.39 is 0 Å². The largest absolute Gasteiger partial charge is 0.618 e. The van der Waals surface area contributed by atoms with Crippen LogP contribution in [0.3, 0.4) is 0 Å². The van der Waals surface area contributed by atoms with Crippen molar-refractivity contribution in [3.05, 3.63) is 29.6 Å². The zero-order chi connectivity index (χ0) is 5.98. The third-order valence-electron chi connectivity index (χ3n) is 0.804. The Morgan fingerprint density at radius 3 is 2.44 bits per heavy atom. The minimum Gasteiger partial charge on any atom is -0.618 e. The average molecular weight is 169 g/mol. The Kier molecular flexibility index (Phi) is 4.66. The van der Waals surface area contributed by atoms with Gasteiger partial charge in [-0.3, -0.25) is 0 Å². The molecule has 1 rings (SSSR count). The van der Waals surface area contributed by atoms with Gasteiger partial charge in [0.1, 0.15) is 0 Å². The van der Waals surface area contributed by atoms with Crippen LogP contribution in [0.5, 0.6) is 0 Å². The SMILES string of the molecule is [CaH2].[O-][n+]1ccccc1S. The van der Waals surface area contributed by atoms with Gasteiger partial charge in [0, 0.05) is 12.1 Å². The minimum absolute atomic E-state index is 0. The minimum atomic E-state index is 0. The summed E-state index contributed by atoms with van der Waals surface area (Å²) in [5, 5.41) is 10.9. The molecule has 0 saturated carbocycles. The van der Waals surface area contributed by atoms with Gasteiger partial charge in [0.25, 0.3) is 0 Å². The Labute approximate surface area is 88.9 Å². The maximum absolute atomic E-state index is 10.5. The topological polar surface area (TPSA) is 26.9 Å². The van der Waals surface area contributed by atoms with Gasteiger partial charge >= 0.3 is 37.7 Å². The van der Waals surface area contributed by atoms with Gasteiger partial charge in [-0.1, -0.05) is 12.6 Å². The monoisotopic (exact) mass is 169 g/mol. The summed E-state index contributed by atoms with van der Waals surface area (Å²) in [6.45, 7) is 0. The molecular weight excluding hydrogens is 162 g/mol. The molecule has 1 aromatic rings. The Balaban J connectivity index is 0.000000640. The standard InChI is InChI=1S/C5H5NOS.Ca.2H/c7-6-4-2-1-3-5(6)8;;;/h1-4,8H;;;. The third kappa shape index (κ3) is 2.76. The molecule has 0 radical (unpaired) electrons. The molecule has 0 saturated heterocycles. The summed E-state index contributed by atoms with van der Waals surface area (Å²) >= 11 is 3.85. The Morgan fingerprint density at radius 1 is 1.44 bits per heavy atom. The second-order valence-electron chi connectivity index (χ2n) is 1.38. The Morgan fingerprint density at radius 2 is 2.11 bits per heavy atom. The number of aromatic nitrogens is 1. The van der Waals surface area contributed by atoms with Crippen molar-refractivity contribution in [1.82, 2.24) is 0 Å². The number of rotatable bonds is 0. The molecule has 0 aromatic carbocycles. The predicted octanol–water partition coefficient (Wildman–Crippen LogP) is -0.308.